The van der Waals surface area contributed by atoms with E-state index in [4.69, 9.17) is 4.98 Å². The molecule has 1 N–H and O–H groups in total. The molecule has 0 bridgehead atoms. The molecule has 0 radical (unpaired) electrons. The van der Waals surface area contributed by atoms with Crippen LogP contribution in [-0.4, -0.2) is 36.0 Å². The summed E-state index contributed by atoms with van der Waals surface area (Å²) in [5.74, 6) is 0.967. The second kappa shape index (κ2) is 7.35. The van der Waals surface area contributed by atoms with Crippen molar-refractivity contribution in [3.05, 3.63) is 51.2 Å². The first-order valence-electron chi connectivity index (χ1n) is 9.32. The standard InChI is InChI=1S/C20H25FN4S/c1-22-20(24-17-11-14(17)13-7-3-4-8-15(13)21)25(2)12-19-23-16-9-5-6-10-18(16)26-19/h3-4,7-8,14,17H,5-6,9-12H2,1-2H3,(H,22,24). The molecule has 138 valence electrons. The summed E-state index contributed by atoms with van der Waals surface area (Å²) in [7, 11) is 3.84. The third-order valence-corrected chi connectivity index (χ3v) is 6.39. The lowest BCUT2D eigenvalue weighted by molar-refractivity contribution is 0.473. The topological polar surface area (TPSA) is 40.5 Å². The van der Waals surface area contributed by atoms with Gasteiger partial charge in [0.05, 0.1) is 12.2 Å². The first-order valence-corrected chi connectivity index (χ1v) is 10.1. The molecule has 2 aliphatic rings. The van der Waals surface area contributed by atoms with Crippen molar-refractivity contribution in [2.24, 2.45) is 4.99 Å². The molecule has 0 spiro atoms. The van der Waals surface area contributed by atoms with Gasteiger partial charge in [-0.2, -0.15) is 0 Å². The number of nitrogens with zero attached hydrogens (tertiary/aromatic N) is 3. The van der Waals surface area contributed by atoms with Gasteiger partial charge in [-0.25, -0.2) is 9.37 Å². The van der Waals surface area contributed by atoms with Gasteiger partial charge in [0.2, 0.25) is 0 Å². The quantitative estimate of drug-likeness (QED) is 0.657. The monoisotopic (exact) mass is 372 g/mol. The zero-order valence-electron chi connectivity index (χ0n) is 15.3. The van der Waals surface area contributed by atoms with Gasteiger partial charge in [0.25, 0.3) is 0 Å². The van der Waals surface area contributed by atoms with Crippen molar-refractivity contribution in [2.45, 2.75) is 50.6 Å². The summed E-state index contributed by atoms with van der Waals surface area (Å²) in [4.78, 5) is 12.8. The highest BCUT2D eigenvalue weighted by molar-refractivity contribution is 7.11. The predicted molar refractivity (Wildman–Crippen MR) is 104 cm³/mol. The van der Waals surface area contributed by atoms with Crippen molar-refractivity contribution in [1.82, 2.24) is 15.2 Å². The van der Waals surface area contributed by atoms with Crippen molar-refractivity contribution >= 4 is 17.3 Å². The molecule has 1 saturated carbocycles. The minimum atomic E-state index is -0.112. The van der Waals surface area contributed by atoms with Gasteiger partial charge >= 0.3 is 0 Å². The molecule has 26 heavy (non-hydrogen) atoms. The number of nitrogens with one attached hydrogen (secondary N) is 1. The zero-order valence-corrected chi connectivity index (χ0v) is 16.2. The maximum Gasteiger partial charge on any atom is 0.194 e. The zero-order chi connectivity index (χ0) is 18.1. The lowest BCUT2D eigenvalue weighted by Gasteiger charge is -2.21. The van der Waals surface area contributed by atoms with Crippen LogP contribution in [0.3, 0.4) is 0 Å². The predicted octanol–water partition coefficient (Wildman–Crippen LogP) is 3.72. The fraction of sp³-hybridized carbons (Fsp3) is 0.500. The molecule has 2 unspecified atom stereocenters. The summed E-state index contributed by atoms with van der Waals surface area (Å²) in [6.07, 6.45) is 5.78. The average molecular weight is 373 g/mol. The molecule has 0 aliphatic heterocycles. The number of aliphatic imine (C=N–C) groups is 1. The van der Waals surface area contributed by atoms with Gasteiger partial charge in [0.1, 0.15) is 10.8 Å². The lowest BCUT2D eigenvalue weighted by atomic mass is 10.0. The number of thiazole rings is 1. The van der Waals surface area contributed by atoms with Crippen LogP contribution >= 0.6 is 11.3 Å². The van der Waals surface area contributed by atoms with E-state index >= 15 is 0 Å². The molecule has 1 heterocycles. The number of aryl methyl sites for hydroxylation is 2. The molecule has 0 saturated heterocycles. The fourth-order valence-electron chi connectivity index (χ4n) is 3.74. The van der Waals surface area contributed by atoms with Gasteiger partial charge < -0.3 is 10.2 Å². The van der Waals surface area contributed by atoms with Gasteiger partial charge in [0, 0.05) is 30.9 Å². The summed E-state index contributed by atoms with van der Waals surface area (Å²) in [5, 5.41) is 4.64. The summed E-state index contributed by atoms with van der Waals surface area (Å²) >= 11 is 1.84. The van der Waals surface area contributed by atoms with Crippen LogP contribution in [0.2, 0.25) is 0 Å². The van der Waals surface area contributed by atoms with Crippen LogP contribution in [-0.2, 0) is 19.4 Å². The number of guanidine groups is 1. The Labute approximate surface area is 158 Å². The number of rotatable bonds is 4. The molecular weight excluding hydrogens is 347 g/mol. The Hall–Kier alpha value is -1.95. The van der Waals surface area contributed by atoms with Gasteiger partial charge in [-0.05, 0) is 43.7 Å². The molecule has 1 aromatic carbocycles. The number of fused-ring (bicyclic) bond motifs is 1. The molecule has 4 nitrogen and oxygen atoms in total. The minimum Gasteiger partial charge on any atom is -0.353 e. The Morgan fingerprint density at radius 3 is 2.92 bits per heavy atom. The highest BCUT2D eigenvalue weighted by atomic mass is 32.1. The molecule has 2 aromatic rings. The van der Waals surface area contributed by atoms with Crippen molar-refractivity contribution < 1.29 is 4.39 Å². The van der Waals surface area contributed by atoms with Gasteiger partial charge in [-0.1, -0.05) is 18.2 Å². The second-order valence-corrected chi connectivity index (χ2v) is 8.37. The van der Waals surface area contributed by atoms with Crippen molar-refractivity contribution in [3.8, 4) is 0 Å². The van der Waals surface area contributed by atoms with E-state index in [1.54, 1.807) is 13.1 Å². The smallest absolute Gasteiger partial charge is 0.194 e. The Balaban J connectivity index is 1.37. The fourth-order valence-corrected chi connectivity index (χ4v) is 4.95. The van der Waals surface area contributed by atoms with Gasteiger partial charge in [-0.3, -0.25) is 4.99 Å². The van der Waals surface area contributed by atoms with E-state index in [0.29, 0.717) is 0 Å². The highest BCUT2D eigenvalue weighted by Gasteiger charge is 2.40. The number of aromatic nitrogens is 1. The normalized spacial score (nSPS) is 22.0. The first kappa shape index (κ1) is 17.5. The van der Waals surface area contributed by atoms with Crippen LogP contribution < -0.4 is 5.32 Å². The highest BCUT2D eigenvalue weighted by Crippen LogP contribution is 2.41. The number of halogens is 1. The van der Waals surface area contributed by atoms with E-state index < -0.39 is 0 Å². The van der Waals surface area contributed by atoms with Crippen LogP contribution in [0.15, 0.2) is 29.3 Å². The van der Waals surface area contributed by atoms with Gasteiger partial charge in [-0.15, -0.1) is 11.3 Å². The molecular formula is C20H25FN4S. The lowest BCUT2D eigenvalue weighted by Crippen LogP contribution is -2.40. The average Bonchev–Trinajstić information content (AvgIpc) is 3.28. The number of benzene rings is 1. The molecule has 2 atom stereocenters. The van der Waals surface area contributed by atoms with E-state index in [1.165, 1.54) is 35.9 Å². The Bertz CT molecular complexity index is 792. The first-order chi connectivity index (χ1) is 12.7. The van der Waals surface area contributed by atoms with E-state index in [1.807, 2.05) is 30.5 Å². The van der Waals surface area contributed by atoms with Gasteiger partial charge in [0.15, 0.2) is 5.96 Å². The van der Waals surface area contributed by atoms with E-state index in [-0.39, 0.29) is 17.8 Å². The maximum absolute atomic E-state index is 14.0. The summed E-state index contributed by atoms with van der Waals surface area (Å²) in [6.45, 7) is 0.758. The van der Waals surface area contributed by atoms with Crippen LogP contribution in [0.25, 0.3) is 0 Å². The molecule has 2 aliphatic carbocycles. The summed E-state index contributed by atoms with van der Waals surface area (Å²) in [5.41, 5.74) is 2.10. The second-order valence-electron chi connectivity index (χ2n) is 7.20. The van der Waals surface area contributed by atoms with Crippen LogP contribution in [0, 0.1) is 5.82 Å². The Morgan fingerprint density at radius 1 is 1.35 bits per heavy atom. The third kappa shape index (κ3) is 3.61. The SMILES string of the molecule is CN=C(NC1CC1c1ccccc1F)N(C)Cc1nc2c(s1)CCCC2. The molecule has 1 aromatic heterocycles. The number of hydrogen-bond donors (Lipinski definition) is 1. The van der Waals surface area contributed by atoms with Crippen LogP contribution in [0.5, 0.6) is 0 Å². The number of hydrogen-bond acceptors (Lipinski definition) is 3. The van der Waals surface area contributed by atoms with Crippen molar-refractivity contribution in [1.29, 1.82) is 0 Å². The maximum atomic E-state index is 14.0. The van der Waals surface area contributed by atoms with Crippen molar-refractivity contribution in [3.63, 3.8) is 0 Å². The van der Waals surface area contributed by atoms with Crippen molar-refractivity contribution in [2.75, 3.05) is 14.1 Å². The molecule has 6 heteroatoms. The summed E-state index contributed by atoms with van der Waals surface area (Å²) < 4.78 is 14.0. The van der Waals surface area contributed by atoms with Crippen LogP contribution in [0.1, 0.15) is 46.3 Å². The van der Waals surface area contributed by atoms with E-state index in [0.717, 1.165) is 35.9 Å². The molecule has 4 rings (SSSR count). The minimum absolute atomic E-state index is 0.112. The molecule has 1 fully saturated rings. The van der Waals surface area contributed by atoms with Crippen LogP contribution in [0.4, 0.5) is 4.39 Å². The Morgan fingerprint density at radius 2 is 2.15 bits per heavy atom. The Kier molecular flexibility index (Phi) is 4.94. The van der Waals surface area contributed by atoms with E-state index in [9.17, 15) is 4.39 Å². The molecule has 0 amide bonds. The summed E-state index contributed by atoms with van der Waals surface area (Å²) in [6, 6.07) is 7.31. The largest absolute Gasteiger partial charge is 0.353 e. The third-order valence-electron chi connectivity index (χ3n) is 5.25. The van der Waals surface area contributed by atoms with E-state index in [2.05, 4.69) is 15.2 Å².